The molecule has 6 heteroatoms. The quantitative estimate of drug-likeness (QED) is 0.0204. The van der Waals surface area contributed by atoms with Crippen LogP contribution in [0.25, 0.3) is 0 Å². The molecule has 0 N–H and O–H groups in total. The van der Waals surface area contributed by atoms with E-state index in [1.807, 2.05) is 36.5 Å². The standard InChI is InChI=1S/C51H80O6/c1-4-7-10-13-16-19-21-23-24-25-26-28-29-32-35-38-41-44-50(53)56-47-48(46-55-49(52)43-40-37-34-31-18-15-12-9-6-3)57-51(54)45-42-39-36-33-30-27-22-20-17-14-11-8-5-2/h8-9,11-12,14,17-18,20,22-24,26-28,30-32,35,48H,4-7,10,13,15-16,19,21,25,29,33-34,36-47H2,1-3H3/b11-8-,12-9-,17-14-,22-20-,24-23-,28-26-,30-27-,31-18-,35-32-. The van der Waals surface area contributed by atoms with Gasteiger partial charge < -0.3 is 14.2 Å². The summed E-state index contributed by atoms with van der Waals surface area (Å²) < 4.78 is 16.6. The Balaban J connectivity index is 4.54. The molecular weight excluding hydrogens is 709 g/mol. The minimum Gasteiger partial charge on any atom is -0.462 e. The Morgan fingerprint density at radius 2 is 0.789 bits per heavy atom. The predicted octanol–water partition coefficient (Wildman–Crippen LogP) is 14.4. The molecule has 0 aliphatic heterocycles. The summed E-state index contributed by atoms with van der Waals surface area (Å²) in [4.78, 5) is 37.6. The summed E-state index contributed by atoms with van der Waals surface area (Å²) >= 11 is 0. The maximum Gasteiger partial charge on any atom is 0.306 e. The van der Waals surface area contributed by atoms with Gasteiger partial charge in [-0.15, -0.1) is 0 Å². The molecule has 0 aromatic heterocycles. The first kappa shape index (κ1) is 53.1. The Bertz CT molecular complexity index is 1230. The fourth-order valence-corrected chi connectivity index (χ4v) is 5.50. The zero-order valence-electron chi connectivity index (χ0n) is 36.3. The first-order valence-electron chi connectivity index (χ1n) is 22.4. The van der Waals surface area contributed by atoms with Crippen LogP contribution in [-0.2, 0) is 28.6 Å². The van der Waals surface area contributed by atoms with Gasteiger partial charge in [0.05, 0.1) is 0 Å². The summed E-state index contributed by atoms with van der Waals surface area (Å²) in [6.07, 6.45) is 59.5. The highest BCUT2D eigenvalue weighted by Crippen LogP contribution is 2.10. The molecule has 6 nitrogen and oxygen atoms in total. The van der Waals surface area contributed by atoms with Crippen LogP contribution in [0.2, 0.25) is 0 Å². The second-order valence-electron chi connectivity index (χ2n) is 14.3. The van der Waals surface area contributed by atoms with Gasteiger partial charge in [-0.25, -0.2) is 0 Å². The van der Waals surface area contributed by atoms with Crippen LogP contribution in [0, 0.1) is 0 Å². The molecular formula is C51H80O6. The fraction of sp³-hybridized carbons (Fsp3) is 0.588. The minimum absolute atomic E-state index is 0.130. The zero-order valence-corrected chi connectivity index (χ0v) is 36.3. The Morgan fingerprint density at radius 1 is 0.386 bits per heavy atom. The SMILES string of the molecule is CC\C=C/C=C\C=C/C=C\CCCCCC(=O)OC(COC(=O)CCC/C=C\C/C=C\C/C=C\CCCCCCCC)COC(=O)CCCC/C=C\C/C=C\CC. The lowest BCUT2D eigenvalue weighted by Crippen LogP contribution is -2.30. The Kier molecular flexibility index (Phi) is 41.7. The summed E-state index contributed by atoms with van der Waals surface area (Å²) in [6.45, 7) is 6.22. The molecule has 0 aliphatic carbocycles. The van der Waals surface area contributed by atoms with Crippen molar-refractivity contribution < 1.29 is 28.6 Å². The van der Waals surface area contributed by atoms with E-state index in [1.165, 1.54) is 44.9 Å². The summed E-state index contributed by atoms with van der Waals surface area (Å²) in [5.41, 5.74) is 0. The summed E-state index contributed by atoms with van der Waals surface area (Å²) in [6, 6.07) is 0. The van der Waals surface area contributed by atoms with E-state index in [9.17, 15) is 14.4 Å². The molecule has 0 bridgehead atoms. The van der Waals surface area contributed by atoms with Crippen LogP contribution in [0.15, 0.2) is 109 Å². The van der Waals surface area contributed by atoms with E-state index in [2.05, 4.69) is 93.7 Å². The van der Waals surface area contributed by atoms with Crippen molar-refractivity contribution in [2.45, 2.75) is 181 Å². The van der Waals surface area contributed by atoms with Gasteiger partial charge in [0.15, 0.2) is 6.10 Å². The average Bonchev–Trinajstić information content (AvgIpc) is 3.21. The van der Waals surface area contributed by atoms with Gasteiger partial charge in [0.2, 0.25) is 0 Å². The largest absolute Gasteiger partial charge is 0.462 e. The molecule has 0 radical (unpaired) electrons. The van der Waals surface area contributed by atoms with Crippen LogP contribution in [-0.4, -0.2) is 37.2 Å². The molecule has 0 saturated carbocycles. The van der Waals surface area contributed by atoms with Crippen molar-refractivity contribution in [3.8, 4) is 0 Å². The molecule has 0 rings (SSSR count). The fourth-order valence-electron chi connectivity index (χ4n) is 5.50. The van der Waals surface area contributed by atoms with E-state index >= 15 is 0 Å². The van der Waals surface area contributed by atoms with Crippen LogP contribution < -0.4 is 0 Å². The molecule has 1 unspecified atom stereocenters. The van der Waals surface area contributed by atoms with Crippen LogP contribution in [0.5, 0.6) is 0 Å². The van der Waals surface area contributed by atoms with Gasteiger partial charge in [0, 0.05) is 19.3 Å². The molecule has 320 valence electrons. The van der Waals surface area contributed by atoms with Crippen molar-refractivity contribution in [1.82, 2.24) is 0 Å². The molecule has 0 amide bonds. The number of hydrogen-bond acceptors (Lipinski definition) is 6. The highest BCUT2D eigenvalue weighted by Gasteiger charge is 2.19. The van der Waals surface area contributed by atoms with E-state index in [-0.39, 0.29) is 44.0 Å². The van der Waals surface area contributed by atoms with Crippen LogP contribution in [0.3, 0.4) is 0 Å². The lowest BCUT2D eigenvalue weighted by Gasteiger charge is -2.18. The Morgan fingerprint density at radius 3 is 1.39 bits per heavy atom. The number of carbonyl (C=O) groups excluding carboxylic acids is 3. The van der Waals surface area contributed by atoms with Gasteiger partial charge in [0.1, 0.15) is 13.2 Å². The second-order valence-corrected chi connectivity index (χ2v) is 14.3. The van der Waals surface area contributed by atoms with Crippen molar-refractivity contribution in [3.05, 3.63) is 109 Å². The van der Waals surface area contributed by atoms with E-state index in [0.717, 1.165) is 70.6 Å². The summed E-state index contributed by atoms with van der Waals surface area (Å²) in [5, 5.41) is 0. The van der Waals surface area contributed by atoms with Gasteiger partial charge in [-0.3, -0.25) is 14.4 Å². The molecule has 0 spiro atoms. The number of ether oxygens (including phenoxy) is 3. The third-order valence-electron chi connectivity index (χ3n) is 8.84. The first-order valence-corrected chi connectivity index (χ1v) is 22.4. The number of unbranched alkanes of at least 4 members (excludes halogenated alkanes) is 12. The third-order valence-corrected chi connectivity index (χ3v) is 8.84. The number of rotatable bonds is 38. The molecule has 1 atom stereocenters. The lowest BCUT2D eigenvalue weighted by molar-refractivity contribution is -0.167. The van der Waals surface area contributed by atoms with Crippen LogP contribution in [0.1, 0.15) is 175 Å². The molecule has 57 heavy (non-hydrogen) atoms. The van der Waals surface area contributed by atoms with Crippen LogP contribution in [0.4, 0.5) is 0 Å². The van der Waals surface area contributed by atoms with Gasteiger partial charge in [-0.05, 0) is 96.3 Å². The van der Waals surface area contributed by atoms with Gasteiger partial charge in [0.25, 0.3) is 0 Å². The molecule has 0 aliphatic rings. The van der Waals surface area contributed by atoms with E-state index in [0.29, 0.717) is 25.7 Å². The predicted molar refractivity (Wildman–Crippen MR) is 242 cm³/mol. The Hall–Kier alpha value is -3.93. The highest BCUT2D eigenvalue weighted by atomic mass is 16.6. The van der Waals surface area contributed by atoms with E-state index in [1.54, 1.807) is 0 Å². The van der Waals surface area contributed by atoms with E-state index in [4.69, 9.17) is 14.2 Å². The smallest absolute Gasteiger partial charge is 0.306 e. The van der Waals surface area contributed by atoms with Crippen molar-refractivity contribution in [2.24, 2.45) is 0 Å². The van der Waals surface area contributed by atoms with E-state index < -0.39 is 6.10 Å². The second kappa shape index (κ2) is 44.8. The van der Waals surface area contributed by atoms with Gasteiger partial charge in [-0.1, -0.05) is 169 Å². The van der Waals surface area contributed by atoms with Crippen molar-refractivity contribution >= 4 is 17.9 Å². The molecule has 0 heterocycles. The Labute approximate surface area is 349 Å². The highest BCUT2D eigenvalue weighted by molar-refractivity contribution is 5.71. The third kappa shape index (κ3) is 43.0. The molecule has 0 fully saturated rings. The van der Waals surface area contributed by atoms with Gasteiger partial charge in [-0.2, -0.15) is 0 Å². The monoisotopic (exact) mass is 789 g/mol. The maximum absolute atomic E-state index is 12.7. The first-order chi connectivity index (χ1) is 28.0. The molecule has 0 aromatic carbocycles. The van der Waals surface area contributed by atoms with Crippen molar-refractivity contribution in [3.63, 3.8) is 0 Å². The minimum atomic E-state index is -0.831. The van der Waals surface area contributed by atoms with Crippen molar-refractivity contribution in [2.75, 3.05) is 13.2 Å². The number of carbonyl (C=O) groups is 3. The van der Waals surface area contributed by atoms with Crippen molar-refractivity contribution in [1.29, 1.82) is 0 Å². The average molecular weight is 789 g/mol. The summed E-state index contributed by atoms with van der Waals surface area (Å²) in [7, 11) is 0. The zero-order chi connectivity index (χ0) is 41.5. The normalized spacial score (nSPS) is 13.1. The maximum atomic E-state index is 12.7. The molecule has 0 saturated heterocycles. The molecule has 0 aromatic rings. The number of allylic oxidation sites excluding steroid dienone is 18. The topological polar surface area (TPSA) is 78.9 Å². The lowest BCUT2D eigenvalue weighted by atomic mass is 10.1. The van der Waals surface area contributed by atoms with Crippen LogP contribution >= 0.6 is 0 Å². The number of esters is 3. The summed E-state index contributed by atoms with van der Waals surface area (Å²) in [5.74, 6) is -1.07. The van der Waals surface area contributed by atoms with Gasteiger partial charge >= 0.3 is 17.9 Å². The number of hydrogen-bond donors (Lipinski definition) is 0.